The van der Waals surface area contributed by atoms with Crippen molar-refractivity contribution in [2.45, 2.75) is 69.6 Å². The quantitative estimate of drug-likeness (QED) is 0.368. The van der Waals surface area contributed by atoms with Gasteiger partial charge in [-0.25, -0.2) is 4.79 Å². The van der Waals surface area contributed by atoms with E-state index in [9.17, 15) is 15.0 Å². The fourth-order valence-corrected chi connectivity index (χ4v) is 5.52. The molecule has 0 amide bonds. The summed E-state index contributed by atoms with van der Waals surface area (Å²) in [5, 5.41) is 23.8. The van der Waals surface area contributed by atoms with Crippen LogP contribution in [-0.4, -0.2) is 34.9 Å². The summed E-state index contributed by atoms with van der Waals surface area (Å²) in [6, 6.07) is 22.1. The molecule has 5 rings (SSSR count). The molecule has 1 fully saturated rings. The summed E-state index contributed by atoms with van der Waals surface area (Å²) in [4.78, 5) is 11.8. The summed E-state index contributed by atoms with van der Waals surface area (Å²) < 4.78 is 6.22. The molecule has 2 aliphatic rings. The summed E-state index contributed by atoms with van der Waals surface area (Å²) in [6.07, 6.45) is 7.98. The molecule has 0 unspecified atom stereocenters. The largest absolute Gasteiger partial charge is 0.490 e. The molecule has 3 aromatic rings. The molecule has 0 aliphatic heterocycles. The minimum atomic E-state index is -0.954. The number of hydrogen-bond acceptors (Lipinski definition) is 4. The molecule has 2 atom stereocenters. The van der Waals surface area contributed by atoms with Gasteiger partial charge in [-0.3, -0.25) is 0 Å². The van der Waals surface area contributed by atoms with Gasteiger partial charge in [0, 0.05) is 12.6 Å². The third-order valence-electron chi connectivity index (χ3n) is 7.61. The number of aliphatic hydroxyl groups is 1. The van der Waals surface area contributed by atoms with E-state index in [4.69, 9.17) is 4.74 Å². The number of aryl methyl sites for hydroxylation is 1. The SMILES string of the molecule is O=C(O)c1ccc(-c2ccc3c(c2)C[C@@H](NC[C@@H](O)c2ccccc2)CC3)cc1OC1CCCCC1. The highest BCUT2D eigenvalue weighted by Crippen LogP contribution is 2.33. The first kappa shape index (κ1) is 24.5. The molecule has 0 spiro atoms. The van der Waals surface area contributed by atoms with Crippen LogP contribution in [-0.2, 0) is 12.8 Å². The van der Waals surface area contributed by atoms with E-state index in [0.717, 1.165) is 61.6 Å². The number of aliphatic hydroxyl groups excluding tert-OH is 1. The van der Waals surface area contributed by atoms with Gasteiger partial charge in [0.25, 0.3) is 0 Å². The fourth-order valence-electron chi connectivity index (χ4n) is 5.52. The number of hydrogen-bond donors (Lipinski definition) is 3. The Morgan fingerprint density at radius 1 is 0.917 bits per heavy atom. The monoisotopic (exact) mass is 485 g/mol. The molecular weight excluding hydrogens is 450 g/mol. The lowest BCUT2D eigenvalue weighted by Crippen LogP contribution is -2.37. The van der Waals surface area contributed by atoms with Crippen LogP contribution in [0.2, 0.25) is 0 Å². The van der Waals surface area contributed by atoms with Crippen LogP contribution in [0.15, 0.2) is 66.7 Å². The van der Waals surface area contributed by atoms with E-state index in [0.29, 0.717) is 18.3 Å². The molecule has 0 heterocycles. The summed E-state index contributed by atoms with van der Waals surface area (Å²) in [6.45, 7) is 0.530. The summed E-state index contributed by atoms with van der Waals surface area (Å²) in [7, 11) is 0. The molecule has 5 heteroatoms. The van der Waals surface area contributed by atoms with Crippen molar-refractivity contribution in [2.24, 2.45) is 0 Å². The second-order valence-corrected chi connectivity index (χ2v) is 10.2. The van der Waals surface area contributed by atoms with E-state index in [1.807, 2.05) is 42.5 Å². The number of nitrogens with one attached hydrogen (secondary N) is 1. The molecule has 3 aromatic carbocycles. The van der Waals surface area contributed by atoms with Crippen LogP contribution < -0.4 is 10.1 Å². The zero-order chi connectivity index (χ0) is 24.9. The van der Waals surface area contributed by atoms with E-state index in [1.54, 1.807) is 6.07 Å². The number of fused-ring (bicyclic) bond motifs is 1. The molecule has 188 valence electrons. The third kappa shape index (κ3) is 5.80. The summed E-state index contributed by atoms with van der Waals surface area (Å²) >= 11 is 0. The van der Waals surface area contributed by atoms with Crippen molar-refractivity contribution < 1.29 is 19.7 Å². The second-order valence-electron chi connectivity index (χ2n) is 10.2. The van der Waals surface area contributed by atoms with Gasteiger partial charge < -0.3 is 20.3 Å². The standard InChI is InChI=1S/C31H35NO4/c33-29(22-7-3-1-4-8-22)20-32-26-15-13-21-11-12-23(17-25(21)18-26)24-14-16-28(31(34)35)30(19-24)36-27-9-5-2-6-10-27/h1,3-4,7-8,11-12,14,16-17,19,26-27,29,32-33H,2,5-6,9-10,13,15,18,20H2,(H,34,35)/t26-,29+/m0/s1. The molecule has 0 saturated heterocycles. The van der Waals surface area contributed by atoms with E-state index >= 15 is 0 Å². The minimum absolute atomic E-state index is 0.0914. The van der Waals surface area contributed by atoms with E-state index < -0.39 is 12.1 Å². The van der Waals surface area contributed by atoms with Gasteiger partial charge in [-0.2, -0.15) is 0 Å². The molecule has 5 nitrogen and oxygen atoms in total. The van der Waals surface area contributed by atoms with Crippen LogP contribution in [0.3, 0.4) is 0 Å². The Morgan fingerprint density at radius 2 is 1.67 bits per heavy atom. The number of carbonyl (C=O) groups is 1. The second kappa shape index (κ2) is 11.3. The van der Waals surface area contributed by atoms with Crippen LogP contribution >= 0.6 is 0 Å². The first-order valence-corrected chi connectivity index (χ1v) is 13.2. The van der Waals surface area contributed by atoms with Crippen LogP contribution in [0.5, 0.6) is 5.75 Å². The predicted molar refractivity (Wildman–Crippen MR) is 142 cm³/mol. The zero-order valence-electron chi connectivity index (χ0n) is 20.7. The van der Waals surface area contributed by atoms with Crippen molar-refractivity contribution in [3.8, 4) is 16.9 Å². The molecule has 2 aliphatic carbocycles. The van der Waals surface area contributed by atoms with Gasteiger partial charge in [0.05, 0.1) is 12.2 Å². The molecule has 0 aromatic heterocycles. The average molecular weight is 486 g/mol. The van der Waals surface area contributed by atoms with Gasteiger partial charge in [0.2, 0.25) is 0 Å². The van der Waals surface area contributed by atoms with E-state index in [-0.39, 0.29) is 11.7 Å². The molecule has 0 bridgehead atoms. The predicted octanol–water partition coefficient (Wildman–Crippen LogP) is 5.94. The molecule has 1 saturated carbocycles. The highest BCUT2D eigenvalue weighted by molar-refractivity contribution is 5.92. The average Bonchev–Trinajstić information content (AvgIpc) is 2.92. The smallest absolute Gasteiger partial charge is 0.339 e. The first-order valence-electron chi connectivity index (χ1n) is 13.2. The molecule has 3 N–H and O–H groups in total. The van der Waals surface area contributed by atoms with Crippen molar-refractivity contribution in [1.82, 2.24) is 5.32 Å². The number of benzene rings is 3. The van der Waals surface area contributed by atoms with Crippen LogP contribution in [0.25, 0.3) is 11.1 Å². The van der Waals surface area contributed by atoms with E-state index in [1.165, 1.54) is 17.5 Å². The topological polar surface area (TPSA) is 78.8 Å². The Kier molecular flexibility index (Phi) is 7.69. The third-order valence-corrected chi connectivity index (χ3v) is 7.61. The number of carboxylic acid groups (broad SMARTS) is 1. The van der Waals surface area contributed by atoms with Crippen LogP contribution in [0, 0.1) is 0 Å². The number of aromatic carboxylic acids is 1. The van der Waals surface area contributed by atoms with Crippen LogP contribution in [0.1, 0.15) is 71.7 Å². The van der Waals surface area contributed by atoms with Crippen molar-refractivity contribution in [2.75, 3.05) is 6.54 Å². The number of rotatable bonds is 8. The Bertz CT molecular complexity index is 1190. The normalized spacial score (nSPS) is 18.9. The van der Waals surface area contributed by atoms with Crippen LogP contribution in [0.4, 0.5) is 0 Å². The highest BCUT2D eigenvalue weighted by atomic mass is 16.5. The minimum Gasteiger partial charge on any atom is -0.490 e. The lowest BCUT2D eigenvalue weighted by molar-refractivity contribution is 0.0686. The van der Waals surface area contributed by atoms with Crippen molar-refractivity contribution in [1.29, 1.82) is 0 Å². The molecule has 0 radical (unpaired) electrons. The molecule has 36 heavy (non-hydrogen) atoms. The Hall–Kier alpha value is -3.15. The maximum atomic E-state index is 11.8. The van der Waals surface area contributed by atoms with Crippen molar-refractivity contribution in [3.05, 3.63) is 89.0 Å². The van der Waals surface area contributed by atoms with E-state index in [2.05, 4.69) is 23.5 Å². The maximum Gasteiger partial charge on any atom is 0.339 e. The van der Waals surface area contributed by atoms with Gasteiger partial charge in [-0.15, -0.1) is 0 Å². The Balaban J connectivity index is 1.30. The first-order chi connectivity index (χ1) is 17.6. The lowest BCUT2D eigenvalue weighted by atomic mass is 9.86. The van der Waals surface area contributed by atoms with Gasteiger partial charge in [0.15, 0.2) is 0 Å². The summed E-state index contributed by atoms with van der Waals surface area (Å²) in [5.41, 5.74) is 5.87. The van der Waals surface area contributed by atoms with Gasteiger partial charge in [0.1, 0.15) is 11.3 Å². The van der Waals surface area contributed by atoms with Gasteiger partial charge in [-0.1, -0.05) is 61.0 Å². The summed E-state index contributed by atoms with van der Waals surface area (Å²) in [5.74, 6) is -0.483. The van der Waals surface area contributed by atoms with Crippen molar-refractivity contribution in [3.63, 3.8) is 0 Å². The lowest BCUT2D eigenvalue weighted by Gasteiger charge is -2.27. The number of ether oxygens (including phenoxy) is 1. The van der Waals surface area contributed by atoms with Gasteiger partial charge in [-0.05, 0) is 84.9 Å². The Labute approximate surface area is 213 Å². The van der Waals surface area contributed by atoms with Gasteiger partial charge >= 0.3 is 5.97 Å². The maximum absolute atomic E-state index is 11.8. The Morgan fingerprint density at radius 3 is 2.44 bits per heavy atom. The zero-order valence-corrected chi connectivity index (χ0v) is 20.7. The fraction of sp³-hybridized carbons (Fsp3) is 0.387. The highest BCUT2D eigenvalue weighted by Gasteiger charge is 2.22. The molecular formula is C31H35NO4. The number of carboxylic acids is 1. The van der Waals surface area contributed by atoms with Crippen molar-refractivity contribution >= 4 is 5.97 Å².